The minimum Gasteiger partial charge on any atom is -0.507 e. The van der Waals surface area contributed by atoms with Gasteiger partial charge >= 0.3 is 0 Å². The summed E-state index contributed by atoms with van der Waals surface area (Å²) in [6.07, 6.45) is 4.07. The molecule has 1 aliphatic carbocycles. The third kappa shape index (κ3) is 3.28. The Kier molecular flexibility index (Phi) is 4.46. The number of H-pyrrole nitrogens is 1. The summed E-state index contributed by atoms with van der Waals surface area (Å²) >= 11 is 0. The number of aryl methyl sites for hydroxylation is 1. The SMILES string of the molecule is O=C(NCCc1ccccc1)c1c(O)c2c([nH]c1=O)CCCC2. The van der Waals surface area contributed by atoms with Gasteiger partial charge in [-0.2, -0.15) is 0 Å². The molecule has 0 aliphatic heterocycles. The van der Waals surface area contributed by atoms with Crippen molar-refractivity contribution in [2.24, 2.45) is 0 Å². The van der Waals surface area contributed by atoms with Crippen LogP contribution in [0, 0.1) is 0 Å². The number of aromatic hydroxyl groups is 1. The lowest BCUT2D eigenvalue weighted by Gasteiger charge is -2.18. The second-order valence-corrected chi connectivity index (χ2v) is 5.83. The van der Waals surface area contributed by atoms with Gasteiger partial charge in [0.2, 0.25) is 0 Å². The molecule has 120 valence electrons. The summed E-state index contributed by atoms with van der Waals surface area (Å²) < 4.78 is 0. The molecule has 0 saturated carbocycles. The molecular formula is C18H20N2O3. The van der Waals surface area contributed by atoms with E-state index < -0.39 is 11.5 Å². The summed E-state index contributed by atoms with van der Waals surface area (Å²) in [4.78, 5) is 27.1. The number of hydrogen-bond donors (Lipinski definition) is 3. The summed E-state index contributed by atoms with van der Waals surface area (Å²) in [6.45, 7) is 0.415. The highest BCUT2D eigenvalue weighted by molar-refractivity contribution is 5.96. The Balaban J connectivity index is 1.73. The predicted molar refractivity (Wildman–Crippen MR) is 87.8 cm³/mol. The number of nitrogens with one attached hydrogen (secondary N) is 2. The minimum atomic E-state index is -0.520. The number of aromatic nitrogens is 1. The fourth-order valence-electron chi connectivity index (χ4n) is 3.03. The average Bonchev–Trinajstić information content (AvgIpc) is 2.56. The monoisotopic (exact) mass is 312 g/mol. The fraction of sp³-hybridized carbons (Fsp3) is 0.333. The molecule has 0 saturated heterocycles. The van der Waals surface area contributed by atoms with Gasteiger partial charge in [-0.05, 0) is 37.7 Å². The van der Waals surface area contributed by atoms with Gasteiger partial charge in [0.25, 0.3) is 11.5 Å². The summed E-state index contributed by atoms with van der Waals surface area (Å²) in [5.74, 6) is -0.672. The Morgan fingerprint density at radius 3 is 2.70 bits per heavy atom. The molecule has 0 spiro atoms. The molecule has 1 heterocycles. The van der Waals surface area contributed by atoms with E-state index in [0.717, 1.165) is 30.5 Å². The topological polar surface area (TPSA) is 82.2 Å². The Labute approximate surface area is 134 Å². The molecule has 0 fully saturated rings. The van der Waals surface area contributed by atoms with Crippen LogP contribution in [0.25, 0.3) is 0 Å². The molecule has 1 aliphatic rings. The normalized spacial score (nSPS) is 13.4. The van der Waals surface area contributed by atoms with Crippen molar-refractivity contribution in [1.82, 2.24) is 10.3 Å². The highest BCUT2D eigenvalue weighted by Crippen LogP contribution is 2.28. The molecule has 0 unspecified atom stereocenters. The van der Waals surface area contributed by atoms with Crippen molar-refractivity contribution in [2.75, 3.05) is 6.54 Å². The van der Waals surface area contributed by atoms with Crippen LogP contribution in [0.15, 0.2) is 35.1 Å². The number of amides is 1. The quantitative estimate of drug-likeness (QED) is 0.807. The van der Waals surface area contributed by atoms with E-state index in [1.54, 1.807) is 0 Å². The van der Waals surface area contributed by atoms with Gasteiger partial charge in [0.1, 0.15) is 11.3 Å². The van der Waals surface area contributed by atoms with E-state index in [4.69, 9.17) is 0 Å². The first kappa shape index (κ1) is 15.3. The fourth-order valence-corrected chi connectivity index (χ4v) is 3.03. The van der Waals surface area contributed by atoms with E-state index in [1.807, 2.05) is 30.3 Å². The second kappa shape index (κ2) is 6.69. The van der Waals surface area contributed by atoms with Crippen LogP contribution in [-0.4, -0.2) is 22.5 Å². The van der Waals surface area contributed by atoms with E-state index >= 15 is 0 Å². The van der Waals surface area contributed by atoms with Crippen molar-refractivity contribution >= 4 is 5.91 Å². The zero-order valence-corrected chi connectivity index (χ0v) is 12.9. The Morgan fingerprint density at radius 1 is 1.17 bits per heavy atom. The Bertz CT molecular complexity index is 766. The summed E-state index contributed by atoms with van der Waals surface area (Å²) in [5.41, 5.74) is 1.90. The molecular weight excluding hydrogens is 292 g/mol. The van der Waals surface area contributed by atoms with Crippen molar-refractivity contribution < 1.29 is 9.90 Å². The Morgan fingerprint density at radius 2 is 1.91 bits per heavy atom. The highest BCUT2D eigenvalue weighted by atomic mass is 16.3. The van der Waals surface area contributed by atoms with Gasteiger partial charge in [0.15, 0.2) is 0 Å². The van der Waals surface area contributed by atoms with Crippen LogP contribution in [0.2, 0.25) is 0 Å². The first-order chi connectivity index (χ1) is 11.2. The van der Waals surface area contributed by atoms with Crippen molar-refractivity contribution in [1.29, 1.82) is 0 Å². The average molecular weight is 312 g/mol. The summed E-state index contributed by atoms with van der Waals surface area (Å²) in [5, 5.41) is 13.0. The lowest BCUT2D eigenvalue weighted by molar-refractivity contribution is 0.0949. The molecule has 1 aromatic heterocycles. The predicted octanol–water partition coefficient (Wildman–Crippen LogP) is 1.93. The van der Waals surface area contributed by atoms with E-state index in [2.05, 4.69) is 10.3 Å². The van der Waals surface area contributed by atoms with Crippen molar-refractivity contribution in [2.45, 2.75) is 32.1 Å². The number of carbonyl (C=O) groups is 1. The van der Waals surface area contributed by atoms with Gasteiger partial charge in [-0.25, -0.2) is 0 Å². The maximum atomic E-state index is 12.3. The van der Waals surface area contributed by atoms with Crippen LogP contribution in [0.5, 0.6) is 5.75 Å². The third-order valence-corrected chi connectivity index (χ3v) is 4.25. The number of hydrogen-bond acceptors (Lipinski definition) is 3. The molecule has 3 N–H and O–H groups in total. The molecule has 1 amide bonds. The third-order valence-electron chi connectivity index (χ3n) is 4.25. The van der Waals surface area contributed by atoms with Gasteiger partial charge in [0, 0.05) is 17.8 Å². The lowest BCUT2D eigenvalue weighted by Crippen LogP contribution is -2.32. The molecule has 2 aromatic rings. The van der Waals surface area contributed by atoms with Crippen LogP contribution in [-0.2, 0) is 19.3 Å². The van der Waals surface area contributed by atoms with Crippen LogP contribution in [0.1, 0.15) is 40.0 Å². The lowest BCUT2D eigenvalue weighted by atomic mass is 9.93. The van der Waals surface area contributed by atoms with Crippen molar-refractivity contribution in [3.8, 4) is 5.75 Å². The number of pyridine rings is 1. The van der Waals surface area contributed by atoms with Gasteiger partial charge in [-0.1, -0.05) is 30.3 Å². The maximum absolute atomic E-state index is 12.3. The number of aromatic amines is 1. The second-order valence-electron chi connectivity index (χ2n) is 5.83. The minimum absolute atomic E-state index is 0.152. The van der Waals surface area contributed by atoms with E-state index in [1.165, 1.54) is 0 Å². The molecule has 0 radical (unpaired) electrons. The van der Waals surface area contributed by atoms with Crippen LogP contribution < -0.4 is 10.9 Å². The van der Waals surface area contributed by atoms with E-state index in [0.29, 0.717) is 24.9 Å². The Hall–Kier alpha value is -2.56. The van der Waals surface area contributed by atoms with E-state index in [9.17, 15) is 14.7 Å². The van der Waals surface area contributed by atoms with Crippen LogP contribution in [0.4, 0.5) is 0 Å². The van der Waals surface area contributed by atoms with Gasteiger partial charge < -0.3 is 15.4 Å². The molecule has 0 bridgehead atoms. The molecule has 23 heavy (non-hydrogen) atoms. The van der Waals surface area contributed by atoms with Crippen LogP contribution >= 0.6 is 0 Å². The zero-order valence-electron chi connectivity index (χ0n) is 12.9. The number of benzene rings is 1. The summed E-state index contributed by atoms with van der Waals surface area (Å²) in [7, 11) is 0. The van der Waals surface area contributed by atoms with Gasteiger partial charge in [-0.15, -0.1) is 0 Å². The molecule has 5 nitrogen and oxygen atoms in total. The van der Waals surface area contributed by atoms with Crippen LogP contribution in [0.3, 0.4) is 0 Å². The van der Waals surface area contributed by atoms with E-state index in [-0.39, 0.29) is 11.3 Å². The maximum Gasteiger partial charge on any atom is 0.264 e. The van der Waals surface area contributed by atoms with Crippen molar-refractivity contribution in [3.63, 3.8) is 0 Å². The molecule has 1 aromatic carbocycles. The first-order valence-electron chi connectivity index (χ1n) is 7.96. The number of carbonyl (C=O) groups excluding carboxylic acids is 1. The first-order valence-corrected chi connectivity index (χ1v) is 7.96. The van der Waals surface area contributed by atoms with Gasteiger partial charge in [0.05, 0.1) is 0 Å². The molecule has 0 atom stereocenters. The highest BCUT2D eigenvalue weighted by Gasteiger charge is 2.23. The number of rotatable bonds is 4. The number of fused-ring (bicyclic) bond motifs is 1. The van der Waals surface area contributed by atoms with Gasteiger partial charge in [-0.3, -0.25) is 9.59 Å². The largest absolute Gasteiger partial charge is 0.507 e. The molecule has 5 heteroatoms. The standard InChI is InChI=1S/C18H20N2O3/c21-16-13-8-4-5-9-14(13)20-18(23)15(16)17(22)19-11-10-12-6-2-1-3-7-12/h1-3,6-7H,4-5,8-11H2,(H,19,22)(H2,20,21,23). The molecule has 3 rings (SSSR count). The zero-order chi connectivity index (χ0) is 16.2. The smallest absolute Gasteiger partial charge is 0.264 e. The summed E-state index contributed by atoms with van der Waals surface area (Å²) in [6, 6.07) is 9.78. The van der Waals surface area contributed by atoms with Crippen molar-refractivity contribution in [3.05, 3.63) is 63.1 Å².